The first-order valence-electron chi connectivity index (χ1n) is 12.6. The van der Waals surface area contributed by atoms with Gasteiger partial charge in [0.2, 0.25) is 0 Å². The van der Waals surface area contributed by atoms with E-state index in [1.807, 2.05) is 12.1 Å². The summed E-state index contributed by atoms with van der Waals surface area (Å²) in [5, 5.41) is 9.88. The number of halogens is 2. The molecule has 1 heterocycles. The van der Waals surface area contributed by atoms with Crippen LogP contribution in [0.5, 0.6) is 0 Å². The van der Waals surface area contributed by atoms with Gasteiger partial charge in [-0.15, -0.1) is 0 Å². The van der Waals surface area contributed by atoms with E-state index in [1.54, 1.807) is 39.2 Å². The summed E-state index contributed by atoms with van der Waals surface area (Å²) in [7, 11) is 1.56. The molecule has 1 amide bonds. The summed E-state index contributed by atoms with van der Waals surface area (Å²) in [5.74, 6) is -1.50. The lowest BCUT2D eigenvalue weighted by Crippen LogP contribution is -2.43. The van der Waals surface area contributed by atoms with Crippen molar-refractivity contribution in [2.45, 2.75) is 46.1 Å². The molecule has 0 bridgehead atoms. The molecular weight excluding hydrogens is 525 g/mol. The fourth-order valence-electron chi connectivity index (χ4n) is 4.34. The number of aromatic nitrogens is 2. The zero-order valence-electron chi connectivity index (χ0n) is 22.5. The van der Waals surface area contributed by atoms with E-state index in [1.165, 1.54) is 25.1 Å². The number of H-pyrrole nitrogens is 1. The normalized spacial score (nSPS) is 13.4. The highest BCUT2D eigenvalue weighted by Crippen LogP contribution is 2.32. The van der Waals surface area contributed by atoms with Gasteiger partial charge in [0.1, 0.15) is 17.2 Å². The molecule has 2 aromatic carbocycles. The van der Waals surface area contributed by atoms with Crippen LogP contribution < -0.4 is 5.32 Å². The second-order valence-electron chi connectivity index (χ2n) is 9.65. The SMILES string of the molecule is CCOC(=O)C(C)(CCOC)C[C@@H](Cc1ccc(-c2cc(Cl)ccc2F)cc1)NC(=O)c1cc(C(C)=O)n[nH]1. The average Bonchev–Trinajstić information content (AvgIpc) is 3.41. The second-order valence-corrected chi connectivity index (χ2v) is 10.1. The van der Waals surface area contributed by atoms with E-state index < -0.39 is 17.4 Å². The Balaban J connectivity index is 1.88. The predicted octanol–water partition coefficient (Wildman–Crippen LogP) is 5.41. The van der Waals surface area contributed by atoms with Gasteiger partial charge in [-0.2, -0.15) is 5.10 Å². The molecular formula is C29H33ClFN3O5. The highest BCUT2D eigenvalue weighted by atomic mass is 35.5. The molecule has 0 aliphatic carbocycles. The van der Waals surface area contributed by atoms with E-state index >= 15 is 0 Å². The van der Waals surface area contributed by atoms with Crippen molar-refractivity contribution in [2.24, 2.45) is 5.41 Å². The standard InChI is InChI=1S/C29H33ClFN3O5/c1-5-39-28(37)29(3,12-13-38-4)17-22(32-27(36)26-16-25(18(2)35)33-34-26)14-19-6-8-20(9-7-19)23-15-21(30)10-11-24(23)31/h6-11,15-16,22H,5,12-14,17H2,1-4H3,(H,32,36)(H,33,34)/t22-,29?/m1/s1. The third kappa shape index (κ3) is 7.97. The van der Waals surface area contributed by atoms with E-state index in [9.17, 15) is 18.8 Å². The van der Waals surface area contributed by atoms with Crippen molar-refractivity contribution in [3.63, 3.8) is 0 Å². The number of benzene rings is 2. The average molecular weight is 558 g/mol. The van der Waals surface area contributed by atoms with Crippen LogP contribution in [0, 0.1) is 11.2 Å². The summed E-state index contributed by atoms with van der Waals surface area (Å²) >= 11 is 6.05. The first-order valence-corrected chi connectivity index (χ1v) is 13.0. The molecule has 39 heavy (non-hydrogen) atoms. The zero-order valence-corrected chi connectivity index (χ0v) is 23.2. The molecule has 0 aliphatic rings. The van der Waals surface area contributed by atoms with Crippen LogP contribution in [0.3, 0.4) is 0 Å². The number of hydrogen-bond donors (Lipinski definition) is 2. The number of amides is 1. The molecule has 1 aromatic heterocycles. The lowest BCUT2D eigenvalue weighted by atomic mass is 9.79. The molecule has 0 fully saturated rings. The van der Waals surface area contributed by atoms with Crippen molar-refractivity contribution in [3.05, 3.63) is 76.3 Å². The number of hydrogen-bond acceptors (Lipinski definition) is 6. The summed E-state index contributed by atoms with van der Waals surface area (Å²) in [6.07, 6.45) is 1.03. The van der Waals surface area contributed by atoms with Crippen molar-refractivity contribution >= 4 is 29.3 Å². The maximum atomic E-state index is 14.4. The van der Waals surface area contributed by atoms with E-state index in [-0.39, 0.29) is 42.0 Å². The quantitative estimate of drug-likeness (QED) is 0.215. The molecule has 10 heteroatoms. The molecule has 0 spiro atoms. The molecule has 2 atom stereocenters. The Morgan fingerprint density at radius 3 is 2.49 bits per heavy atom. The molecule has 0 aliphatic heterocycles. The zero-order chi connectivity index (χ0) is 28.6. The second kappa shape index (κ2) is 13.5. The van der Waals surface area contributed by atoms with Crippen LogP contribution in [0.2, 0.25) is 5.02 Å². The number of rotatable bonds is 13. The van der Waals surface area contributed by atoms with Gasteiger partial charge in [-0.1, -0.05) is 35.9 Å². The van der Waals surface area contributed by atoms with Crippen molar-refractivity contribution < 1.29 is 28.2 Å². The highest BCUT2D eigenvalue weighted by molar-refractivity contribution is 6.30. The summed E-state index contributed by atoms with van der Waals surface area (Å²) in [6.45, 7) is 5.45. The van der Waals surface area contributed by atoms with E-state index in [2.05, 4.69) is 15.5 Å². The number of methoxy groups -OCH3 is 1. The molecule has 3 rings (SSSR count). The van der Waals surface area contributed by atoms with Gasteiger partial charge in [-0.25, -0.2) is 4.39 Å². The fourth-order valence-corrected chi connectivity index (χ4v) is 4.52. The van der Waals surface area contributed by atoms with Crippen LogP contribution in [-0.4, -0.2) is 54.2 Å². The van der Waals surface area contributed by atoms with Gasteiger partial charge in [-0.05, 0) is 68.5 Å². The molecule has 0 saturated carbocycles. The van der Waals surface area contributed by atoms with Gasteiger partial charge in [0, 0.05) is 37.3 Å². The number of esters is 1. The Labute approximate surface area is 232 Å². The molecule has 0 radical (unpaired) electrons. The number of ether oxygens (including phenoxy) is 2. The molecule has 0 saturated heterocycles. The van der Waals surface area contributed by atoms with Crippen LogP contribution in [0.15, 0.2) is 48.5 Å². The largest absolute Gasteiger partial charge is 0.466 e. The Morgan fingerprint density at radius 1 is 1.15 bits per heavy atom. The van der Waals surface area contributed by atoms with Gasteiger partial charge >= 0.3 is 5.97 Å². The van der Waals surface area contributed by atoms with Crippen LogP contribution in [0.4, 0.5) is 4.39 Å². The Morgan fingerprint density at radius 2 is 1.87 bits per heavy atom. The summed E-state index contributed by atoms with van der Waals surface area (Å²) in [4.78, 5) is 37.7. The Bertz CT molecular complexity index is 1310. The molecule has 3 aromatic rings. The number of nitrogens with one attached hydrogen (secondary N) is 2. The van der Waals surface area contributed by atoms with E-state index in [4.69, 9.17) is 21.1 Å². The number of Topliss-reactive ketones (excluding diaryl/α,β-unsaturated/α-hetero) is 1. The monoisotopic (exact) mass is 557 g/mol. The van der Waals surface area contributed by atoms with Crippen LogP contribution in [0.1, 0.15) is 60.2 Å². The number of ketones is 1. The lowest BCUT2D eigenvalue weighted by Gasteiger charge is -2.31. The number of carbonyl (C=O) groups excluding carboxylic acids is 3. The van der Waals surface area contributed by atoms with E-state index in [0.717, 1.165) is 5.56 Å². The number of nitrogens with zero attached hydrogens (tertiary/aromatic N) is 1. The van der Waals surface area contributed by atoms with Gasteiger partial charge in [0.05, 0.1) is 12.0 Å². The Hall–Kier alpha value is -3.56. The van der Waals surface area contributed by atoms with Crippen LogP contribution >= 0.6 is 11.6 Å². The number of carbonyl (C=O) groups is 3. The van der Waals surface area contributed by atoms with Crippen molar-refractivity contribution in [3.8, 4) is 11.1 Å². The summed E-state index contributed by atoms with van der Waals surface area (Å²) in [6, 6.07) is 12.5. The lowest BCUT2D eigenvalue weighted by molar-refractivity contribution is -0.156. The minimum atomic E-state index is -0.938. The van der Waals surface area contributed by atoms with Gasteiger partial charge in [-0.3, -0.25) is 19.5 Å². The molecule has 8 nitrogen and oxygen atoms in total. The maximum Gasteiger partial charge on any atom is 0.311 e. The third-order valence-corrected chi connectivity index (χ3v) is 6.75. The first-order chi connectivity index (χ1) is 18.6. The van der Waals surface area contributed by atoms with Crippen molar-refractivity contribution in [2.75, 3.05) is 20.3 Å². The molecule has 2 N–H and O–H groups in total. The summed E-state index contributed by atoms with van der Waals surface area (Å²) in [5.41, 5.74) is 1.24. The Kier molecular flexibility index (Phi) is 10.4. The predicted molar refractivity (Wildman–Crippen MR) is 146 cm³/mol. The van der Waals surface area contributed by atoms with Gasteiger partial charge in [0.25, 0.3) is 5.91 Å². The third-order valence-electron chi connectivity index (χ3n) is 6.52. The van der Waals surface area contributed by atoms with Crippen molar-refractivity contribution in [1.82, 2.24) is 15.5 Å². The topological polar surface area (TPSA) is 110 Å². The maximum absolute atomic E-state index is 14.4. The minimum absolute atomic E-state index is 0.131. The smallest absolute Gasteiger partial charge is 0.311 e. The highest BCUT2D eigenvalue weighted by Gasteiger charge is 2.37. The first kappa shape index (κ1) is 30.0. The molecule has 1 unspecified atom stereocenters. The number of aromatic amines is 1. The van der Waals surface area contributed by atoms with Crippen molar-refractivity contribution in [1.29, 1.82) is 0 Å². The van der Waals surface area contributed by atoms with Crippen LogP contribution in [-0.2, 0) is 20.7 Å². The van der Waals surface area contributed by atoms with E-state index in [0.29, 0.717) is 35.6 Å². The van der Waals surface area contributed by atoms with Gasteiger partial charge < -0.3 is 14.8 Å². The fraction of sp³-hybridized carbons (Fsp3) is 0.379. The minimum Gasteiger partial charge on any atom is -0.466 e. The summed E-state index contributed by atoms with van der Waals surface area (Å²) < 4.78 is 24.9. The van der Waals surface area contributed by atoms with Gasteiger partial charge in [0.15, 0.2) is 5.78 Å². The molecule has 208 valence electrons. The van der Waals surface area contributed by atoms with Crippen LogP contribution in [0.25, 0.3) is 11.1 Å².